The Bertz CT molecular complexity index is 883. The highest BCUT2D eigenvalue weighted by molar-refractivity contribution is 7.87. The molecule has 148 valence electrons. The van der Waals surface area contributed by atoms with Crippen LogP contribution in [-0.4, -0.2) is 46.6 Å². The number of rotatable bonds is 5. The second-order valence-corrected chi connectivity index (χ2v) is 8.32. The maximum Gasteiger partial charge on any atom is 0.310 e. The molecular formula is C16H24N6O4S. The average molecular weight is 396 g/mol. The Kier molecular flexibility index (Phi) is 5.63. The van der Waals surface area contributed by atoms with Crippen molar-refractivity contribution in [2.24, 2.45) is 5.84 Å². The van der Waals surface area contributed by atoms with Gasteiger partial charge in [0.15, 0.2) is 0 Å². The number of hydrogen-bond donors (Lipinski definition) is 3. The first-order chi connectivity index (χ1) is 12.9. The molecule has 0 radical (unpaired) electrons. The van der Waals surface area contributed by atoms with E-state index in [1.807, 2.05) is 0 Å². The summed E-state index contributed by atoms with van der Waals surface area (Å²) in [6.07, 6.45) is 4.94. The predicted molar refractivity (Wildman–Crippen MR) is 99.5 cm³/mol. The van der Waals surface area contributed by atoms with Crippen molar-refractivity contribution in [3.05, 3.63) is 17.0 Å². The van der Waals surface area contributed by atoms with Crippen molar-refractivity contribution in [2.45, 2.75) is 45.4 Å². The number of carbonyl (C=O) groups excluding carboxylic acids is 2. The quantitative estimate of drug-likeness (QED) is 0.367. The van der Waals surface area contributed by atoms with Gasteiger partial charge in [0.1, 0.15) is 0 Å². The molecule has 2 aliphatic rings. The molecular weight excluding hydrogens is 372 g/mol. The maximum atomic E-state index is 13.3. The topological polar surface area (TPSA) is 139 Å². The summed E-state index contributed by atoms with van der Waals surface area (Å²) in [7, 11) is -3.87. The van der Waals surface area contributed by atoms with Gasteiger partial charge in [-0.3, -0.25) is 20.3 Å². The number of aromatic nitrogens is 2. The lowest BCUT2D eigenvalue weighted by molar-refractivity contribution is -0.117. The fourth-order valence-electron chi connectivity index (χ4n) is 3.31. The Morgan fingerprint density at radius 1 is 1.22 bits per heavy atom. The zero-order valence-corrected chi connectivity index (χ0v) is 16.0. The van der Waals surface area contributed by atoms with E-state index in [-0.39, 0.29) is 18.3 Å². The molecule has 0 unspecified atom stereocenters. The lowest BCUT2D eigenvalue weighted by Gasteiger charge is -2.27. The van der Waals surface area contributed by atoms with E-state index in [4.69, 9.17) is 5.84 Å². The van der Waals surface area contributed by atoms with Crippen molar-refractivity contribution in [3.8, 4) is 0 Å². The maximum absolute atomic E-state index is 13.3. The highest BCUT2D eigenvalue weighted by Crippen LogP contribution is 2.30. The van der Waals surface area contributed by atoms with E-state index in [0.29, 0.717) is 42.9 Å². The number of nitrogens with two attached hydrogens (primary N) is 1. The first-order valence-electron chi connectivity index (χ1n) is 9.02. The van der Waals surface area contributed by atoms with Crippen molar-refractivity contribution in [1.29, 1.82) is 0 Å². The zero-order valence-electron chi connectivity index (χ0n) is 15.2. The van der Waals surface area contributed by atoms with Gasteiger partial charge in [-0.25, -0.2) is 10.8 Å². The summed E-state index contributed by atoms with van der Waals surface area (Å²) in [5.74, 6) is 4.37. The van der Waals surface area contributed by atoms with Crippen LogP contribution in [0.4, 0.5) is 5.95 Å². The molecule has 10 nitrogen and oxygen atoms in total. The van der Waals surface area contributed by atoms with Crippen LogP contribution in [-0.2, 0) is 26.2 Å². The second-order valence-electron chi connectivity index (χ2n) is 6.54. The molecule has 1 aromatic heterocycles. The summed E-state index contributed by atoms with van der Waals surface area (Å²) in [6, 6.07) is 0. The zero-order chi connectivity index (χ0) is 19.6. The third-order valence-electron chi connectivity index (χ3n) is 4.77. The average Bonchev–Trinajstić information content (AvgIpc) is 3.05. The fourth-order valence-corrected chi connectivity index (χ4v) is 5.03. The molecule has 0 aromatic carbocycles. The summed E-state index contributed by atoms with van der Waals surface area (Å²) in [6.45, 7) is 2.55. The van der Waals surface area contributed by atoms with Gasteiger partial charge in [-0.15, -0.1) is 0 Å². The number of hydrogen-bond acceptors (Lipinski definition) is 6. The van der Waals surface area contributed by atoms with E-state index in [0.717, 1.165) is 23.2 Å². The molecule has 27 heavy (non-hydrogen) atoms. The van der Waals surface area contributed by atoms with Crippen molar-refractivity contribution in [1.82, 2.24) is 18.7 Å². The number of imidazole rings is 1. The van der Waals surface area contributed by atoms with E-state index in [2.05, 4.69) is 15.7 Å². The van der Waals surface area contributed by atoms with Gasteiger partial charge in [0.05, 0.1) is 11.4 Å². The standard InChI is InChI=1S/C16H24N6O4S/c1-2-14(23)19-16-18-12-10-11(15(24)20-17)6-7-13(12)22(16)27(25,26)21-8-4-3-5-9-21/h10H,2-9,17H2,1H3,(H,20,24)(H,18,19,23). The van der Waals surface area contributed by atoms with Crippen LogP contribution in [0.5, 0.6) is 0 Å². The van der Waals surface area contributed by atoms with E-state index >= 15 is 0 Å². The molecule has 1 aliphatic heterocycles. The Hall–Kier alpha value is -2.24. The van der Waals surface area contributed by atoms with Crippen molar-refractivity contribution in [2.75, 3.05) is 18.4 Å². The number of piperidine rings is 1. The molecule has 0 atom stereocenters. The van der Waals surface area contributed by atoms with E-state index in [9.17, 15) is 18.0 Å². The van der Waals surface area contributed by atoms with Crippen LogP contribution in [0.3, 0.4) is 0 Å². The van der Waals surface area contributed by atoms with Gasteiger partial charge in [-0.05, 0) is 31.8 Å². The third kappa shape index (κ3) is 3.75. The van der Waals surface area contributed by atoms with Gasteiger partial charge in [-0.1, -0.05) is 13.3 Å². The molecule has 2 amide bonds. The Labute approximate surface area is 158 Å². The molecule has 1 saturated heterocycles. The molecule has 2 heterocycles. The van der Waals surface area contributed by atoms with Crippen LogP contribution >= 0.6 is 0 Å². The molecule has 1 aliphatic carbocycles. The monoisotopic (exact) mass is 396 g/mol. The van der Waals surface area contributed by atoms with Gasteiger partial charge in [0.2, 0.25) is 11.9 Å². The molecule has 1 fully saturated rings. The van der Waals surface area contributed by atoms with Gasteiger partial charge in [-0.2, -0.15) is 16.7 Å². The van der Waals surface area contributed by atoms with Gasteiger partial charge in [0, 0.05) is 25.1 Å². The number of anilines is 1. The van der Waals surface area contributed by atoms with E-state index in [1.54, 1.807) is 6.92 Å². The molecule has 1 aromatic rings. The fraction of sp³-hybridized carbons (Fsp3) is 0.562. The first-order valence-corrected chi connectivity index (χ1v) is 10.4. The molecule has 11 heteroatoms. The second kappa shape index (κ2) is 7.79. The smallest absolute Gasteiger partial charge is 0.295 e. The predicted octanol–water partition coefficient (Wildman–Crippen LogP) is 0.130. The highest BCUT2D eigenvalue weighted by Gasteiger charge is 2.34. The van der Waals surface area contributed by atoms with E-state index < -0.39 is 16.1 Å². The van der Waals surface area contributed by atoms with Crippen molar-refractivity contribution in [3.63, 3.8) is 0 Å². The van der Waals surface area contributed by atoms with Crippen LogP contribution in [0, 0.1) is 0 Å². The van der Waals surface area contributed by atoms with Crippen LogP contribution in [0.1, 0.15) is 50.4 Å². The van der Waals surface area contributed by atoms with Crippen LogP contribution in [0.2, 0.25) is 0 Å². The van der Waals surface area contributed by atoms with Gasteiger partial charge >= 0.3 is 10.2 Å². The number of nitrogens with zero attached hydrogens (tertiary/aromatic N) is 3. The Balaban J connectivity index is 2.09. The summed E-state index contributed by atoms with van der Waals surface area (Å²) in [4.78, 5) is 28.0. The van der Waals surface area contributed by atoms with Crippen molar-refractivity contribution >= 4 is 34.0 Å². The van der Waals surface area contributed by atoms with E-state index in [1.165, 1.54) is 10.4 Å². The third-order valence-corrected chi connectivity index (χ3v) is 6.64. The first kappa shape index (κ1) is 19.5. The summed E-state index contributed by atoms with van der Waals surface area (Å²) >= 11 is 0. The molecule has 0 bridgehead atoms. The minimum atomic E-state index is -3.87. The molecule has 0 saturated carbocycles. The van der Waals surface area contributed by atoms with Crippen molar-refractivity contribution < 1.29 is 18.0 Å². The minimum absolute atomic E-state index is 0.0388. The van der Waals surface area contributed by atoms with Crippen LogP contribution in [0.15, 0.2) is 5.57 Å². The SMILES string of the molecule is CCC(=O)Nc1nc2c(n1S(=O)(=O)N1CCCCC1)CCC(C(=O)NN)=C2. The summed E-state index contributed by atoms with van der Waals surface area (Å²) < 4.78 is 29.1. The summed E-state index contributed by atoms with van der Waals surface area (Å²) in [5, 5.41) is 2.57. The minimum Gasteiger partial charge on any atom is -0.295 e. The number of hydrazine groups is 1. The molecule has 3 rings (SSSR count). The molecule has 4 N–H and O–H groups in total. The van der Waals surface area contributed by atoms with Gasteiger partial charge in [0.25, 0.3) is 5.91 Å². The number of amides is 2. The highest BCUT2D eigenvalue weighted by atomic mass is 32.2. The lowest BCUT2D eigenvalue weighted by atomic mass is 10.00. The molecule has 0 spiro atoms. The van der Waals surface area contributed by atoms with Gasteiger partial charge < -0.3 is 0 Å². The summed E-state index contributed by atoms with van der Waals surface area (Å²) in [5.41, 5.74) is 3.30. The number of nitrogens with one attached hydrogen (secondary N) is 2. The number of carbonyl (C=O) groups is 2. The largest absolute Gasteiger partial charge is 0.310 e. The van der Waals surface area contributed by atoms with Crippen LogP contribution in [0.25, 0.3) is 6.08 Å². The van der Waals surface area contributed by atoms with Crippen LogP contribution < -0.4 is 16.6 Å². The number of fused-ring (bicyclic) bond motifs is 1. The Morgan fingerprint density at radius 2 is 1.93 bits per heavy atom. The normalized spacial score (nSPS) is 17.8. The lowest BCUT2D eigenvalue weighted by Crippen LogP contribution is -2.40. The Morgan fingerprint density at radius 3 is 2.56 bits per heavy atom.